The van der Waals surface area contributed by atoms with Crippen molar-refractivity contribution >= 4 is 45.7 Å². The largest absolute Gasteiger partial charge is 0.430 e. The van der Waals surface area contributed by atoms with E-state index >= 15 is 0 Å². The molecule has 0 saturated carbocycles. The van der Waals surface area contributed by atoms with Crippen molar-refractivity contribution < 1.29 is 13.5 Å². The SMILES string of the molecule is Nc1nc2c3c(ccc2c2nc(CC(CCl)CCl)nn12)CCC(F)(F)O3. The molecule has 1 aliphatic rings. The second-order valence-corrected chi connectivity index (χ2v) is 6.92. The van der Waals surface area contributed by atoms with Crippen molar-refractivity contribution in [1.29, 1.82) is 0 Å². The van der Waals surface area contributed by atoms with Crippen LogP contribution < -0.4 is 10.5 Å². The van der Waals surface area contributed by atoms with Crippen molar-refractivity contribution in [2.45, 2.75) is 25.4 Å². The van der Waals surface area contributed by atoms with Crippen molar-refractivity contribution in [3.8, 4) is 5.75 Å². The van der Waals surface area contributed by atoms with Gasteiger partial charge in [0.05, 0.1) is 6.42 Å². The normalized spacial score (nSPS) is 16.2. The molecular weight excluding hydrogens is 387 g/mol. The number of hydrogen-bond acceptors (Lipinski definition) is 5. The second-order valence-electron chi connectivity index (χ2n) is 6.30. The smallest absolute Gasteiger partial charge is 0.398 e. The van der Waals surface area contributed by atoms with Crippen LogP contribution in [0.2, 0.25) is 0 Å². The first kappa shape index (κ1) is 17.5. The third-order valence-electron chi connectivity index (χ3n) is 4.39. The molecule has 0 atom stereocenters. The van der Waals surface area contributed by atoms with Crippen LogP contribution in [0.4, 0.5) is 14.7 Å². The summed E-state index contributed by atoms with van der Waals surface area (Å²) in [6, 6.07) is 3.53. The maximum absolute atomic E-state index is 13.7. The van der Waals surface area contributed by atoms with E-state index in [-0.39, 0.29) is 36.0 Å². The first-order valence-corrected chi connectivity index (χ1v) is 9.14. The van der Waals surface area contributed by atoms with E-state index in [0.717, 1.165) is 0 Å². The molecule has 10 heteroatoms. The van der Waals surface area contributed by atoms with Gasteiger partial charge in [-0.3, -0.25) is 0 Å². The Bertz CT molecular complexity index is 990. The van der Waals surface area contributed by atoms with Gasteiger partial charge in [-0.2, -0.15) is 13.3 Å². The summed E-state index contributed by atoms with van der Waals surface area (Å²) in [5.74, 6) is 1.39. The Hall–Kier alpha value is -1.93. The summed E-state index contributed by atoms with van der Waals surface area (Å²) in [6.07, 6.45) is -2.90. The zero-order valence-corrected chi connectivity index (χ0v) is 15.1. The number of alkyl halides is 4. The van der Waals surface area contributed by atoms with Gasteiger partial charge in [-0.25, -0.2) is 9.97 Å². The third-order valence-corrected chi connectivity index (χ3v) is 5.27. The Morgan fingerprint density at radius 2 is 2.04 bits per heavy atom. The number of fused-ring (bicyclic) bond motifs is 5. The van der Waals surface area contributed by atoms with Crippen molar-refractivity contribution in [2.24, 2.45) is 5.92 Å². The number of nitrogens with zero attached hydrogens (tertiary/aromatic N) is 4. The number of aromatic nitrogens is 4. The predicted octanol–water partition coefficient (Wildman–Crippen LogP) is 3.41. The van der Waals surface area contributed by atoms with Crippen LogP contribution >= 0.6 is 23.2 Å². The lowest BCUT2D eigenvalue weighted by molar-refractivity contribution is -0.186. The lowest BCUT2D eigenvalue weighted by Gasteiger charge is -2.25. The number of anilines is 1. The van der Waals surface area contributed by atoms with Crippen LogP contribution in [0, 0.1) is 5.92 Å². The molecule has 138 valence electrons. The molecule has 3 heterocycles. The number of nitrogens with two attached hydrogens (primary N) is 1. The van der Waals surface area contributed by atoms with Crippen LogP contribution in [0.3, 0.4) is 0 Å². The van der Waals surface area contributed by atoms with Crippen LogP contribution in [-0.2, 0) is 12.8 Å². The third kappa shape index (κ3) is 2.91. The van der Waals surface area contributed by atoms with E-state index in [2.05, 4.69) is 15.1 Å². The van der Waals surface area contributed by atoms with Gasteiger partial charge in [0.1, 0.15) is 5.52 Å². The molecule has 0 unspecified atom stereocenters. The summed E-state index contributed by atoms with van der Waals surface area (Å²) in [6.45, 7) is 0. The maximum atomic E-state index is 13.7. The molecule has 0 spiro atoms. The molecule has 2 aromatic heterocycles. The van der Waals surface area contributed by atoms with Gasteiger partial charge in [0.2, 0.25) is 5.95 Å². The highest BCUT2D eigenvalue weighted by Gasteiger charge is 2.37. The fourth-order valence-electron chi connectivity index (χ4n) is 3.04. The van der Waals surface area contributed by atoms with Gasteiger partial charge < -0.3 is 10.5 Å². The van der Waals surface area contributed by atoms with Crippen LogP contribution in [0.15, 0.2) is 12.1 Å². The molecule has 1 aliphatic heterocycles. The number of hydrogen-bond donors (Lipinski definition) is 1. The van der Waals surface area contributed by atoms with Crippen LogP contribution in [0.5, 0.6) is 5.75 Å². The Morgan fingerprint density at radius 3 is 2.77 bits per heavy atom. The number of benzene rings is 1. The molecule has 0 fully saturated rings. The Kier molecular flexibility index (Phi) is 4.27. The van der Waals surface area contributed by atoms with Crippen molar-refractivity contribution in [3.63, 3.8) is 0 Å². The van der Waals surface area contributed by atoms with Crippen molar-refractivity contribution in [2.75, 3.05) is 17.5 Å². The van der Waals surface area contributed by atoms with E-state index in [0.29, 0.717) is 40.6 Å². The minimum Gasteiger partial charge on any atom is -0.430 e. The first-order chi connectivity index (χ1) is 12.4. The molecular formula is C16H15Cl2F2N5O. The van der Waals surface area contributed by atoms with Gasteiger partial charge in [0, 0.05) is 23.6 Å². The maximum Gasteiger partial charge on any atom is 0.398 e. The molecule has 2 N–H and O–H groups in total. The van der Waals surface area contributed by atoms with Crippen LogP contribution in [0.25, 0.3) is 16.6 Å². The minimum absolute atomic E-state index is 0.0194. The number of rotatable bonds is 4. The lowest BCUT2D eigenvalue weighted by atomic mass is 10.0. The Labute approximate surface area is 157 Å². The highest BCUT2D eigenvalue weighted by atomic mass is 35.5. The molecule has 0 saturated heterocycles. The quantitative estimate of drug-likeness (QED) is 0.677. The number of halogens is 4. The molecule has 0 aliphatic carbocycles. The average molecular weight is 402 g/mol. The zero-order valence-electron chi connectivity index (χ0n) is 13.6. The second kappa shape index (κ2) is 6.35. The number of ether oxygens (including phenoxy) is 1. The van der Waals surface area contributed by atoms with E-state index < -0.39 is 6.11 Å². The fraction of sp³-hybridized carbons (Fsp3) is 0.438. The number of aryl methyl sites for hydroxylation is 1. The average Bonchev–Trinajstić information content (AvgIpc) is 3.04. The van der Waals surface area contributed by atoms with Crippen molar-refractivity contribution in [3.05, 3.63) is 23.5 Å². The highest BCUT2D eigenvalue weighted by molar-refractivity contribution is 6.20. The van der Waals surface area contributed by atoms with Gasteiger partial charge in [-0.05, 0) is 24.0 Å². The standard InChI is InChI=1S/C16H15Cl2F2N5O/c17-6-8(7-18)5-11-22-14-10-2-1-9-3-4-16(19,20)26-13(9)12(10)23-15(21)25(14)24-11/h1-2,8H,3-7H2,(H2,21,23). The van der Waals surface area contributed by atoms with Gasteiger partial charge in [-0.15, -0.1) is 28.3 Å². The van der Waals surface area contributed by atoms with Gasteiger partial charge in [-0.1, -0.05) is 6.07 Å². The topological polar surface area (TPSA) is 78.3 Å². The molecule has 0 radical (unpaired) electrons. The van der Waals surface area contributed by atoms with E-state index in [1.54, 1.807) is 12.1 Å². The summed E-state index contributed by atoms with van der Waals surface area (Å²) in [5.41, 5.74) is 7.35. The summed E-state index contributed by atoms with van der Waals surface area (Å²) in [4.78, 5) is 8.74. The molecule has 26 heavy (non-hydrogen) atoms. The minimum atomic E-state index is -3.23. The lowest BCUT2D eigenvalue weighted by Crippen LogP contribution is -2.29. The van der Waals surface area contributed by atoms with Gasteiger partial charge in [0.25, 0.3) is 0 Å². The van der Waals surface area contributed by atoms with E-state index in [1.165, 1.54) is 4.52 Å². The van der Waals surface area contributed by atoms with Gasteiger partial charge >= 0.3 is 6.11 Å². The molecule has 4 rings (SSSR count). The monoisotopic (exact) mass is 401 g/mol. The fourth-order valence-corrected chi connectivity index (χ4v) is 3.59. The summed E-state index contributed by atoms with van der Waals surface area (Å²) >= 11 is 11.8. The summed E-state index contributed by atoms with van der Waals surface area (Å²) < 4.78 is 33.7. The summed E-state index contributed by atoms with van der Waals surface area (Å²) in [7, 11) is 0. The number of nitrogen functional groups attached to an aromatic ring is 1. The predicted molar refractivity (Wildman–Crippen MR) is 95.2 cm³/mol. The van der Waals surface area contributed by atoms with E-state index in [9.17, 15) is 8.78 Å². The van der Waals surface area contributed by atoms with Crippen LogP contribution in [-0.4, -0.2) is 37.5 Å². The molecule has 1 aromatic carbocycles. The van der Waals surface area contributed by atoms with Crippen molar-refractivity contribution in [1.82, 2.24) is 19.6 Å². The molecule has 3 aromatic rings. The van der Waals surface area contributed by atoms with E-state index in [1.807, 2.05) is 0 Å². The summed E-state index contributed by atoms with van der Waals surface area (Å²) in [5, 5.41) is 4.89. The first-order valence-electron chi connectivity index (χ1n) is 8.07. The molecule has 6 nitrogen and oxygen atoms in total. The van der Waals surface area contributed by atoms with Crippen LogP contribution in [0.1, 0.15) is 17.8 Å². The molecule has 0 bridgehead atoms. The highest BCUT2D eigenvalue weighted by Crippen LogP contribution is 2.40. The molecule has 0 amide bonds. The zero-order chi connectivity index (χ0) is 18.5. The van der Waals surface area contributed by atoms with E-state index in [4.69, 9.17) is 33.7 Å². The Morgan fingerprint density at radius 1 is 1.27 bits per heavy atom. The Balaban J connectivity index is 1.89. The van der Waals surface area contributed by atoms with Gasteiger partial charge in [0.15, 0.2) is 17.2 Å².